The fourth-order valence-electron chi connectivity index (χ4n) is 11.8. The number of aromatic nitrogens is 3. The van der Waals surface area contributed by atoms with Crippen LogP contribution in [-0.4, -0.2) is 14.1 Å². The fourth-order valence-corrected chi connectivity index (χ4v) is 11.8. The number of para-hydroxylation sites is 4. The van der Waals surface area contributed by atoms with Crippen LogP contribution in [-0.2, 0) is 31.9 Å². The van der Waals surface area contributed by atoms with E-state index < -0.39 is 0 Å². The van der Waals surface area contributed by atoms with Gasteiger partial charge in [0.15, 0.2) is 0 Å². The molecule has 0 aliphatic carbocycles. The van der Waals surface area contributed by atoms with E-state index in [0.717, 1.165) is 89.4 Å². The van der Waals surface area contributed by atoms with Crippen molar-refractivity contribution in [1.29, 1.82) is 0 Å². The van der Waals surface area contributed by atoms with Crippen molar-refractivity contribution in [2.75, 3.05) is 9.80 Å². The quantitative estimate of drug-likeness (QED) is 0.135. The molecular weight excluding hydrogens is 1170 g/mol. The summed E-state index contributed by atoms with van der Waals surface area (Å²) in [5, 5.41) is 4.60. The van der Waals surface area contributed by atoms with Gasteiger partial charge in [0.05, 0.1) is 11.0 Å². The van der Waals surface area contributed by atoms with Gasteiger partial charge < -0.3 is 23.7 Å². The van der Waals surface area contributed by atoms with Crippen molar-refractivity contribution in [3.8, 4) is 56.4 Å². The summed E-state index contributed by atoms with van der Waals surface area (Å²) >= 11 is 0. The van der Waals surface area contributed by atoms with Crippen LogP contribution in [0.15, 0.2) is 237 Å². The Labute approximate surface area is 488 Å². The van der Waals surface area contributed by atoms with Gasteiger partial charge in [0.2, 0.25) is 0 Å². The van der Waals surface area contributed by atoms with Crippen LogP contribution in [0.5, 0.6) is 11.5 Å². The summed E-state index contributed by atoms with van der Waals surface area (Å²) in [7, 11) is 0. The molecule has 0 saturated carbocycles. The zero-order valence-corrected chi connectivity index (χ0v) is 48.3. The van der Waals surface area contributed by atoms with Crippen LogP contribution in [0.25, 0.3) is 88.5 Å². The molecule has 3 aromatic heterocycles. The molecule has 0 unspecified atom stereocenters. The molecule has 0 N–H and O–H groups in total. The average Bonchev–Trinajstić information content (AvgIpc) is 3.86. The van der Waals surface area contributed by atoms with Crippen molar-refractivity contribution in [2.45, 2.75) is 52.4 Å². The van der Waals surface area contributed by atoms with E-state index in [1.54, 1.807) is 0 Å². The van der Waals surface area contributed by atoms with Crippen LogP contribution in [0.2, 0.25) is 0 Å². The van der Waals surface area contributed by atoms with E-state index in [-0.39, 0.29) is 31.9 Å². The van der Waals surface area contributed by atoms with Crippen molar-refractivity contribution >= 4 is 66.4 Å². The van der Waals surface area contributed by atoms with Gasteiger partial charge in [-0.2, -0.15) is 12.1 Å². The molecule has 0 bridgehead atoms. The third-order valence-electron chi connectivity index (χ3n) is 15.8. The van der Waals surface area contributed by atoms with Crippen LogP contribution in [0.3, 0.4) is 0 Å². The number of pyridine rings is 1. The van der Waals surface area contributed by atoms with E-state index in [2.05, 4.69) is 298 Å². The number of nitrogens with zero attached hydrogens (tertiary/aromatic N) is 5. The SMILES string of the molecule is CC(C)(C)c1cccc(-c2cccc3c2N(c2c(-c4ccccc4)cccc2-c2ccccc2)[CH-]N3c2[c-]c(Oc3[c-]c4c(cc3)c3cc(-n5c6ccccc6c6ccccc65)ccc3n4-c3cc(C(C)(C)C)ccn3)ccc2)c1.[Pt]. The molecule has 14 rings (SSSR count). The van der Waals surface area contributed by atoms with Crippen molar-refractivity contribution < 1.29 is 25.8 Å². The van der Waals surface area contributed by atoms with E-state index in [1.807, 2.05) is 18.3 Å². The van der Waals surface area contributed by atoms with Gasteiger partial charge in [-0.15, -0.1) is 48.1 Å². The normalized spacial score (nSPS) is 12.6. The summed E-state index contributed by atoms with van der Waals surface area (Å²) < 4.78 is 11.5. The maximum atomic E-state index is 6.92. The Morgan fingerprint density at radius 2 is 0.988 bits per heavy atom. The molecule has 0 fully saturated rings. The van der Waals surface area contributed by atoms with Crippen molar-refractivity contribution in [1.82, 2.24) is 14.1 Å². The molecule has 0 spiro atoms. The predicted octanol–water partition coefficient (Wildman–Crippen LogP) is 19.7. The summed E-state index contributed by atoms with van der Waals surface area (Å²) in [4.78, 5) is 9.68. The van der Waals surface area contributed by atoms with Gasteiger partial charge in [-0.25, -0.2) is 4.98 Å². The maximum absolute atomic E-state index is 6.92. The number of ether oxygens (including phenoxy) is 1. The first-order valence-corrected chi connectivity index (χ1v) is 27.5. The molecule has 1 aliphatic rings. The predicted molar refractivity (Wildman–Crippen MR) is 332 cm³/mol. The van der Waals surface area contributed by atoms with Crippen molar-refractivity contribution in [3.05, 3.63) is 267 Å². The van der Waals surface area contributed by atoms with E-state index >= 15 is 0 Å². The van der Waals surface area contributed by atoms with Crippen LogP contribution in [0.1, 0.15) is 52.7 Å². The summed E-state index contributed by atoms with van der Waals surface area (Å²) in [5.74, 6) is 1.96. The van der Waals surface area contributed by atoms with Crippen LogP contribution in [0, 0.1) is 18.8 Å². The third-order valence-corrected chi connectivity index (χ3v) is 15.8. The monoisotopic (exact) mass is 1230 g/mol. The summed E-state index contributed by atoms with van der Waals surface area (Å²) in [6, 6.07) is 90.0. The molecule has 0 amide bonds. The summed E-state index contributed by atoms with van der Waals surface area (Å²) in [6.07, 6.45) is 1.92. The average molecular weight is 1230 g/mol. The topological polar surface area (TPSA) is 38.5 Å². The van der Waals surface area contributed by atoms with Gasteiger partial charge >= 0.3 is 0 Å². The molecule has 4 heterocycles. The fraction of sp³-hybridized carbons (Fsp3) is 0.108. The largest absolute Gasteiger partial charge is 0.509 e. The Balaban J connectivity index is 0.00000618. The molecule has 7 heteroatoms. The molecule has 398 valence electrons. The van der Waals surface area contributed by atoms with Gasteiger partial charge in [-0.1, -0.05) is 199 Å². The Morgan fingerprint density at radius 1 is 0.420 bits per heavy atom. The maximum Gasteiger partial charge on any atom is 0.135 e. The third kappa shape index (κ3) is 9.09. The number of anilines is 4. The van der Waals surface area contributed by atoms with Crippen molar-refractivity contribution in [2.24, 2.45) is 0 Å². The van der Waals surface area contributed by atoms with Crippen LogP contribution >= 0.6 is 0 Å². The standard InChI is InChI=1S/C74H58N5O.Pt/c1-73(2,3)52-26-17-25-51(43-52)60-33-20-36-68-72(60)77(71-58(49-21-9-7-10-22-49)31-19-32-59(71)50-23-11-8-12-24-50)48-76(68)54-27-18-28-56(45-54)80-57-38-39-63-64-46-55(78-65-34-15-13-29-61(65)62-30-14-16-35-66(62)78)37-40-67(64)79(69(63)47-57)70-44-53(41-42-75-70)74(4,5)6;/h7-44,46,48H,1-6H3;/q-3;. The second-order valence-corrected chi connectivity index (χ2v) is 22.9. The molecule has 81 heavy (non-hydrogen) atoms. The first-order valence-electron chi connectivity index (χ1n) is 27.5. The van der Waals surface area contributed by atoms with E-state index in [9.17, 15) is 0 Å². The zero-order valence-electron chi connectivity index (χ0n) is 46.1. The number of benzene rings is 10. The zero-order chi connectivity index (χ0) is 54.3. The van der Waals surface area contributed by atoms with Gasteiger partial charge in [0.25, 0.3) is 0 Å². The number of hydrogen-bond donors (Lipinski definition) is 0. The first-order chi connectivity index (χ1) is 38.9. The summed E-state index contributed by atoms with van der Waals surface area (Å²) in [5.41, 5.74) is 18.5. The van der Waals surface area contributed by atoms with Gasteiger partial charge in [-0.05, 0) is 92.6 Å². The first kappa shape index (κ1) is 51.5. The Kier molecular flexibility index (Phi) is 12.9. The van der Waals surface area contributed by atoms with Crippen molar-refractivity contribution in [3.63, 3.8) is 0 Å². The van der Waals surface area contributed by atoms with Gasteiger partial charge in [-0.3, -0.25) is 0 Å². The Bertz CT molecular complexity index is 4410. The second kappa shape index (κ2) is 20.3. The van der Waals surface area contributed by atoms with Crippen LogP contribution < -0.4 is 14.5 Å². The number of hydrogen-bond acceptors (Lipinski definition) is 4. The van der Waals surface area contributed by atoms with Gasteiger partial charge in [0.1, 0.15) is 5.82 Å². The second-order valence-electron chi connectivity index (χ2n) is 22.9. The summed E-state index contributed by atoms with van der Waals surface area (Å²) in [6.45, 7) is 15.8. The molecule has 0 atom stereocenters. The molecule has 0 saturated heterocycles. The molecular formula is C74H58N5OPt-3. The molecule has 10 aromatic carbocycles. The Hall–Kier alpha value is -8.96. The minimum atomic E-state index is -0.0856. The number of fused-ring (bicyclic) bond motifs is 7. The van der Waals surface area contributed by atoms with Crippen LogP contribution in [0.4, 0.5) is 22.7 Å². The van der Waals surface area contributed by atoms with E-state index in [4.69, 9.17) is 9.72 Å². The molecule has 1 aliphatic heterocycles. The smallest absolute Gasteiger partial charge is 0.135 e. The van der Waals surface area contributed by atoms with E-state index in [0.29, 0.717) is 11.5 Å². The molecule has 0 radical (unpaired) electrons. The minimum absolute atomic E-state index is 0. The van der Waals surface area contributed by atoms with Gasteiger partial charge in [0, 0.05) is 94.5 Å². The molecule has 6 nitrogen and oxygen atoms in total. The minimum Gasteiger partial charge on any atom is -0.509 e. The van der Waals surface area contributed by atoms with E-state index in [1.165, 1.54) is 32.9 Å². The Morgan fingerprint density at radius 3 is 1.67 bits per heavy atom. The molecule has 13 aromatic rings. The number of rotatable bonds is 9.